The number of anilines is 2. The lowest BCUT2D eigenvalue weighted by Gasteiger charge is -2.23. The molecule has 0 saturated heterocycles. The highest BCUT2D eigenvalue weighted by molar-refractivity contribution is 7.92. The van der Waals surface area contributed by atoms with Crippen molar-refractivity contribution in [3.63, 3.8) is 0 Å². The van der Waals surface area contributed by atoms with E-state index in [1.54, 1.807) is 36.1 Å². The molecule has 0 spiro atoms. The number of nitrogens with zero attached hydrogens (tertiary/aromatic N) is 1. The summed E-state index contributed by atoms with van der Waals surface area (Å²) in [5.74, 6) is -0.0622. The maximum Gasteiger partial charge on any atom is 0.258 e. The van der Waals surface area contributed by atoms with Crippen LogP contribution in [0.2, 0.25) is 0 Å². The van der Waals surface area contributed by atoms with Gasteiger partial charge in [-0.1, -0.05) is 18.2 Å². The van der Waals surface area contributed by atoms with Gasteiger partial charge in [0, 0.05) is 23.0 Å². The van der Waals surface area contributed by atoms with Crippen molar-refractivity contribution in [1.29, 1.82) is 0 Å². The van der Waals surface area contributed by atoms with E-state index < -0.39 is 10.0 Å². The number of carbonyl (C=O) groups excluding carboxylic acids is 1. The summed E-state index contributed by atoms with van der Waals surface area (Å²) in [7, 11) is -3.32. The van der Waals surface area contributed by atoms with Crippen LogP contribution in [0.5, 0.6) is 0 Å². The molecule has 0 radical (unpaired) electrons. The molecule has 1 amide bonds. The van der Waals surface area contributed by atoms with Crippen LogP contribution < -0.4 is 9.62 Å². The molecule has 1 atom stereocenters. The topological polar surface area (TPSA) is 66.5 Å². The first-order valence-corrected chi connectivity index (χ1v) is 9.58. The van der Waals surface area contributed by atoms with Crippen molar-refractivity contribution in [3.8, 4) is 0 Å². The van der Waals surface area contributed by atoms with Crippen LogP contribution in [0.15, 0.2) is 48.5 Å². The van der Waals surface area contributed by atoms with Gasteiger partial charge in [0.05, 0.1) is 5.75 Å². The van der Waals surface area contributed by atoms with Gasteiger partial charge in [0.2, 0.25) is 10.0 Å². The van der Waals surface area contributed by atoms with Crippen molar-refractivity contribution in [1.82, 2.24) is 0 Å². The van der Waals surface area contributed by atoms with Crippen molar-refractivity contribution < 1.29 is 13.2 Å². The molecule has 1 aliphatic heterocycles. The second-order valence-electron chi connectivity index (χ2n) is 5.94. The Balaban J connectivity index is 1.84. The van der Waals surface area contributed by atoms with Gasteiger partial charge in [-0.25, -0.2) is 8.42 Å². The summed E-state index contributed by atoms with van der Waals surface area (Å²) in [5, 5.41) is 0. The third-order valence-electron chi connectivity index (χ3n) is 4.21. The van der Waals surface area contributed by atoms with Crippen LogP contribution in [0.1, 0.15) is 29.8 Å². The van der Waals surface area contributed by atoms with Gasteiger partial charge in [0.15, 0.2) is 0 Å². The third kappa shape index (κ3) is 3.14. The fraction of sp³-hybridized carbons (Fsp3) is 0.278. The molecule has 1 aliphatic rings. The number of para-hydroxylation sites is 1. The van der Waals surface area contributed by atoms with E-state index in [-0.39, 0.29) is 17.7 Å². The lowest BCUT2D eigenvalue weighted by molar-refractivity contribution is 0.0981. The smallest absolute Gasteiger partial charge is 0.258 e. The number of carbonyl (C=O) groups is 1. The first kappa shape index (κ1) is 16.5. The van der Waals surface area contributed by atoms with Gasteiger partial charge in [-0.2, -0.15) is 0 Å². The lowest BCUT2D eigenvalue weighted by Crippen LogP contribution is -2.35. The highest BCUT2D eigenvalue weighted by atomic mass is 32.2. The molecule has 0 bridgehead atoms. The average molecular weight is 344 g/mol. The molecule has 6 heteroatoms. The minimum atomic E-state index is -3.32. The quantitative estimate of drug-likeness (QED) is 0.927. The molecule has 0 saturated carbocycles. The van der Waals surface area contributed by atoms with Crippen LogP contribution in [0.3, 0.4) is 0 Å². The van der Waals surface area contributed by atoms with Crippen LogP contribution in [-0.4, -0.2) is 26.1 Å². The number of amides is 1. The summed E-state index contributed by atoms with van der Waals surface area (Å²) >= 11 is 0. The van der Waals surface area contributed by atoms with Crippen molar-refractivity contribution in [2.45, 2.75) is 26.3 Å². The number of sulfonamides is 1. The molecule has 1 N–H and O–H groups in total. The number of benzene rings is 2. The van der Waals surface area contributed by atoms with Gasteiger partial charge >= 0.3 is 0 Å². The maximum atomic E-state index is 12.9. The van der Waals surface area contributed by atoms with Gasteiger partial charge < -0.3 is 4.90 Å². The first-order valence-electron chi connectivity index (χ1n) is 7.93. The van der Waals surface area contributed by atoms with Crippen LogP contribution >= 0.6 is 0 Å². The third-order valence-corrected chi connectivity index (χ3v) is 5.52. The van der Waals surface area contributed by atoms with E-state index in [0.29, 0.717) is 11.3 Å². The average Bonchev–Trinajstić information content (AvgIpc) is 2.90. The molecule has 2 aromatic carbocycles. The zero-order valence-electron chi connectivity index (χ0n) is 13.7. The van der Waals surface area contributed by atoms with E-state index in [2.05, 4.69) is 4.72 Å². The number of rotatable bonds is 4. The Morgan fingerprint density at radius 1 is 1.17 bits per heavy atom. The summed E-state index contributed by atoms with van der Waals surface area (Å²) in [6.07, 6.45) is 0.844. The molecule has 1 heterocycles. The predicted octanol–water partition coefficient (Wildman–Crippen LogP) is 3.04. The van der Waals surface area contributed by atoms with Gasteiger partial charge in [0.25, 0.3) is 5.91 Å². The summed E-state index contributed by atoms with van der Waals surface area (Å²) in [5.41, 5.74) is 3.12. The van der Waals surface area contributed by atoms with Crippen molar-refractivity contribution in [3.05, 3.63) is 59.7 Å². The number of hydrogen-bond donors (Lipinski definition) is 1. The summed E-state index contributed by atoms with van der Waals surface area (Å²) in [6.45, 7) is 3.61. The molecule has 126 valence electrons. The zero-order valence-corrected chi connectivity index (χ0v) is 14.5. The molecule has 2 aromatic rings. The van der Waals surface area contributed by atoms with E-state index in [1.165, 1.54) is 5.56 Å². The molecule has 0 fully saturated rings. The highest BCUT2D eigenvalue weighted by Gasteiger charge is 2.31. The summed E-state index contributed by atoms with van der Waals surface area (Å²) in [4.78, 5) is 14.7. The fourth-order valence-corrected chi connectivity index (χ4v) is 3.59. The Hall–Kier alpha value is -2.34. The van der Waals surface area contributed by atoms with Crippen LogP contribution in [0, 0.1) is 0 Å². The molecule has 0 aliphatic carbocycles. The second kappa shape index (κ2) is 6.28. The van der Waals surface area contributed by atoms with Gasteiger partial charge in [-0.3, -0.25) is 9.52 Å². The molecule has 0 unspecified atom stereocenters. The van der Waals surface area contributed by atoms with Gasteiger partial charge in [-0.05, 0) is 56.2 Å². The van der Waals surface area contributed by atoms with Crippen molar-refractivity contribution in [2.75, 3.05) is 15.4 Å². The Morgan fingerprint density at radius 2 is 1.83 bits per heavy atom. The Kier molecular flexibility index (Phi) is 4.32. The number of hydrogen-bond acceptors (Lipinski definition) is 3. The molecule has 0 aromatic heterocycles. The van der Waals surface area contributed by atoms with E-state index in [4.69, 9.17) is 0 Å². The standard InChI is InChI=1S/C18H20N2O3S/c1-3-24(22,23)19-16-10-8-14(9-11-16)18(21)20-13(2)12-15-6-4-5-7-17(15)20/h4-11,13,19H,3,12H2,1-2H3/t13-/m1/s1. The number of nitrogens with one attached hydrogen (secondary N) is 1. The molecular weight excluding hydrogens is 324 g/mol. The molecular formula is C18H20N2O3S. The Morgan fingerprint density at radius 3 is 2.50 bits per heavy atom. The summed E-state index contributed by atoms with van der Waals surface area (Å²) < 4.78 is 25.7. The molecule has 5 nitrogen and oxygen atoms in total. The fourth-order valence-electron chi connectivity index (χ4n) is 2.95. The molecule has 24 heavy (non-hydrogen) atoms. The maximum absolute atomic E-state index is 12.9. The van der Waals surface area contributed by atoms with E-state index >= 15 is 0 Å². The monoisotopic (exact) mass is 344 g/mol. The second-order valence-corrected chi connectivity index (χ2v) is 7.95. The Labute approximate surface area is 142 Å². The Bertz CT molecular complexity index is 860. The zero-order chi connectivity index (χ0) is 17.3. The normalized spacial score (nSPS) is 16.8. The van der Waals surface area contributed by atoms with Crippen molar-refractivity contribution >= 4 is 27.3 Å². The minimum absolute atomic E-state index is 0.00968. The lowest BCUT2D eigenvalue weighted by atomic mass is 10.1. The summed E-state index contributed by atoms with van der Waals surface area (Å²) in [6, 6.07) is 14.6. The number of fused-ring (bicyclic) bond motifs is 1. The van der Waals surface area contributed by atoms with E-state index in [9.17, 15) is 13.2 Å². The van der Waals surface area contributed by atoms with Gasteiger partial charge in [-0.15, -0.1) is 0 Å². The minimum Gasteiger partial charge on any atom is -0.305 e. The SMILES string of the molecule is CCS(=O)(=O)Nc1ccc(C(=O)N2c3ccccc3C[C@H]2C)cc1. The van der Waals surface area contributed by atoms with Crippen LogP contribution in [-0.2, 0) is 16.4 Å². The molecule has 3 rings (SSSR count). The van der Waals surface area contributed by atoms with Gasteiger partial charge in [0.1, 0.15) is 0 Å². The van der Waals surface area contributed by atoms with Crippen molar-refractivity contribution in [2.24, 2.45) is 0 Å². The van der Waals surface area contributed by atoms with Crippen LogP contribution in [0.4, 0.5) is 11.4 Å². The largest absolute Gasteiger partial charge is 0.305 e. The van der Waals surface area contributed by atoms with Crippen LogP contribution in [0.25, 0.3) is 0 Å². The van der Waals surface area contributed by atoms with E-state index in [0.717, 1.165) is 12.1 Å². The first-order chi connectivity index (χ1) is 11.4. The highest BCUT2D eigenvalue weighted by Crippen LogP contribution is 2.33. The predicted molar refractivity (Wildman–Crippen MR) is 95.9 cm³/mol. The van der Waals surface area contributed by atoms with E-state index in [1.807, 2.05) is 31.2 Å².